The van der Waals surface area contributed by atoms with Crippen molar-refractivity contribution in [3.05, 3.63) is 94.5 Å². The van der Waals surface area contributed by atoms with Crippen LogP contribution >= 0.6 is 30.3 Å². The van der Waals surface area contributed by atoms with Gasteiger partial charge in [-0.3, -0.25) is 9.59 Å². The van der Waals surface area contributed by atoms with Crippen molar-refractivity contribution < 1.29 is 23.7 Å². The minimum Gasteiger partial charge on any atom is -0.445 e. The van der Waals surface area contributed by atoms with Crippen LogP contribution in [0.5, 0.6) is 0 Å². The molecule has 0 heterocycles. The van der Waals surface area contributed by atoms with Gasteiger partial charge in [0.15, 0.2) is 0 Å². The zero-order valence-corrected chi connectivity index (χ0v) is 26.6. The lowest BCUT2D eigenvalue weighted by Gasteiger charge is -2.28. The fourth-order valence-electron chi connectivity index (χ4n) is 4.50. The largest absolute Gasteiger partial charge is 0.445 e. The summed E-state index contributed by atoms with van der Waals surface area (Å²) in [6.45, 7) is 7.70. The molecular formula is C32H37Cl2N2O5P. The minimum atomic E-state index is -3.94. The Balaban J connectivity index is 1.89. The zero-order valence-electron chi connectivity index (χ0n) is 24.2. The van der Waals surface area contributed by atoms with Gasteiger partial charge < -0.3 is 19.9 Å². The third kappa shape index (κ3) is 9.19. The van der Waals surface area contributed by atoms with E-state index in [2.05, 4.69) is 10.6 Å². The molecule has 2 N–H and O–H groups in total. The highest BCUT2D eigenvalue weighted by atomic mass is 35.5. The molecule has 0 bridgehead atoms. The Bertz CT molecular complexity index is 1350. The molecule has 0 aliphatic carbocycles. The molecule has 2 atom stereocenters. The number of amides is 2. The topological polar surface area (TPSA) is 102 Å². The van der Waals surface area contributed by atoms with Crippen LogP contribution in [0.2, 0.25) is 10.0 Å². The highest BCUT2D eigenvalue weighted by Gasteiger charge is 2.41. The molecule has 3 aromatic carbocycles. The molecule has 42 heavy (non-hydrogen) atoms. The maximum absolute atomic E-state index is 14.8. The van der Waals surface area contributed by atoms with Gasteiger partial charge in [0.05, 0.1) is 6.04 Å². The number of hydrogen-bond acceptors (Lipinski definition) is 5. The zero-order chi connectivity index (χ0) is 30.9. The molecule has 7 nitrogen and oxygen atoms in total. The fourth-order valence-corrected chi connectivity index (χ4v) is 7.31. The summed E-state index contributed by atoms with van der Waals surface area (Å²) in [5.41, 5.74) is 0.185. The summed E-state index contributed by atoms with van der Waals surface area (Å²) in [6.07, 6.45) is -0.205. The van der Waals surface area contributed by atoms with Crippen LogP contribution < -0.4 is 21.2 Å². The van der Waals surface area contributed by atoms with E-state index < -0.39 is 36.8 Å². The molecule has 0 aromatic heterocycles. The first kappa shape index (κ1) is 33.4. The van der Waals surface area contributed by atoms with Crippen molar-refractivity contribution in [2.75, 3.05) is 0 Å². The van der Waals surface area contributed by atoms with Gasteiger partial charge in [0.2, 0.25) is 18.6 Å². The second-order valence-electron chi connectivity index (χ2n) is 11.0. The summed E-state index contributed by atoms with van der Waals surface area (Å²) in [6, 6.07) is 19.7. The van der Waals surface area contributed by atoms with Gasteiger partial charge in [0.25, 0.3) is 0 Å². The molecule has 0 saturated carbocycles. The van der Waals surface area contributed by atoms with Crippen molar-refractivity contribution in [1.29, 1.82) is 0 Å². The first-order chi connectivity index (χ1) is 19.9. The average Bonchev–Trinajstić information content (AvgIpc) is 2.95. The number of alkyl carbamates (subject to hydrolysis) is 1. The van der Waals surface area contributed by atoms with Gasteiger partial charge >= 0.3 is 6.09 Å². The van der Waals surface area contributed by atoms with E-state index in [1.54, 1.807) is 48.5 Å². The van der Waals surface area contributed by atoms with Crippen molar-refractivity contribution in [2.45, 2.75) is 59.2 Å². The third-order valence-corrected chi connectivity index (χ3v) is 10.0. The first-order valence-electron chi connectivity index (χ1n) is 13.8. The van der Waals surface area contributed by atoms with Crippen LogP contribution in [0.15, 0.2) is 78.9 Å². The Labute approximate surface area is 257 Å². The standard InChI is InChI=1S/C32H37Cl2N2O5P/c1-21(2)18-28(36-32(39)41-20-23-8-6-5-7-9-23)30(37)35-29(19-22(3)4)31(38)42(40,26-14-10-24(33)11-15-26)27-16-12-25(34)13-17-27/h5-17,21-22,28-29H,18-20H2,1-4H3,(H,35,37)(H,36,39)/t28-,29-/m0/s1. The number of rotatable bonds is 13. The van der Waals surface area contributed by atoms with Gasteiger partial charge in [-0.25, -0.2) is 4.79 Å². The van der Waals surface area contributed by atoms with Crippen molar-refractivity contribution in [3.63, 3.8) is 0 Å². The Kier molecular flexibility index (Phi) is 12.2. The Morgan fingerprint density at radius 2 is 1.19 bits per heavy atom. The normalized spacial score (nSPS) is 13.0. The van der Waals surface area contributed by atoms with Gasteiger partial charge in [-0.05, 0) is 78.8 Å². The maximum Gasteiger partial charge on any atom is 0.408 e. The monoisotopic (exact) mass is 630 g/mol. The summed E-state index contributed by atoms with van der Waals surface area (Å²) < 4.78 is 20.1. The SMILES string of the molecule is CC(C)C[C@H](NC(=O)OCc1ccccc1)C(=O)N[C@@H](CC(C)C)C(=O)P(=O)(c1ccc(Cl)cc1)c1ccc(Cl)cc1. The second-order valence-corrected chi connectivity index (χ2v) is 14.5. The van der Waals surface area contributed by atoms with E-state index in [1.165, 1.54) is 0 Å². The van der Waals surface area contributed by atoms with E-state index >= 15 is 0 Å². The number of halogens is 2. The van der Waals surface area contributed by atoms with E-state index in [0.717, 1.165) is 5.56 Å². The van der Waals surface area contributed by atoms with Gasteiger partial charge in [0.1, 0.15) is 12.6 Å². The summed E-state index contributed by atoms with van der Waals surface area (Å²) in [5.74, 6) is -0.530. The van der Waals surface area contributed by atoms with Gasteiger partial charge in [0, 0.05) is 20.7 Å². The van der Waals surface area contributed by atoms with Crippen molar-refractivity contribution >= 4 is 58.5 Å². The molecule has 0 unspecified atom stereocenters. The first-order valence-corrected chi connectivity index (χ1v) is 16.3. The van der Waals surface area contributed by atoms with Crippen LogP contribution in [0.4, 0.5) is 4.79 Å². The molecule has 0 aliphatic rings. The highest BCUT2D eigenvalue weighted by Crippen LogP contribution is 2.46. The predicted molar refractivity (Wildman–Crippen MR) is 169 cm³/mol. The molecule has 3 aromatic rings. The molecule has 0 saturated heterocycles. The van der Waals surface area contributed by atoms with Gasteiger partial charge in [-0.15, -0.1) is 0 Å². The Hall–Kier alpha value is -3.12. The summed E-state index contributed by atoms with van der Waals surface area (Å²) in [7, 11) is -3.94. The number of carbonyl (C=O) groups is 3. The summed E-state index contributed by atoms with van der Waals surface area (Å²) in [5, 5.41) is 6.92. The van der Waals surface area contributed by atoms with Crippen LogP contribution in [-0.2, 0) is 25.5 Å². The molecule has 2 amide bonds. The molecule has 3 rings (SSSR count). The van der Waals surface area contributed by atoms with Crippen molar-refractivity contribution in [1.82, 2.24) is 10.6 Å². The van der Waals surface area contributed by atoms with E-state index in [9.17, 15) is 18.9 Å². The van der Waals surface area contributed by atoms with Crippen LogP contribution in [0.25, 0.3) is 0 Å². The number of benzene rings is 3. The Morgan fingerprint density at radius 3 is 1.67 bits per heavy atom. The van der Waals surface area contributed by atoms with E-state index in [-0.39, 0.29) is 24.9 Å². The lowest BCUT2D eigenvalue weighted by atomic mass is 10.0. The number of ether oxygens (including phenoxy) is 1. The summed E-state index contributed by atoms with van der Waals surface area (Å²) in [4.78, 5) is 40.5. The van der Waals surface area contributed by atoms with Gasteiger partial charge in [-0.1, -0.05) is 81.2 Å². The van der Waals surface area contributed by atoms with Crippen LogP contribution in [0.1, 0.15) is 46.1 Å². The Morgan fingerprint density at radius 1 is 0.714 bits per heavy atom. The van der Waals surface area contributed by atoms with Crippen LogP contribution in [-0.4, -0.2) is 29.6 Å². The number of nitrogens with one attached hydrogen (secondary N) is 2. The molecular weight excluding hydrogens is 594 g/mol. The second kappa shape index (κ2) is 15.4. The summed E-state index contributed by atoms with van der Waals surface area (Å²) >= 11 is 12.2. The van der Waals surface area contributed by atoms with E-state index in [0.29, 0.717) is 27.1 Å². The number of hydrogen-bond donors (Lipinski definition) is 2. The van der Waals surface area contributed by atoms with Gasteiger partial charge in [-0.2, -0.15) is 0 Å². The van der Waals surface area contributed by atoms with E-state index in [4.69, 9.17) is 27.9 Å². The van der Waals surface area contributed by atoms with Crippen LogP contribution in [0, 0.1) is 11.8 Å². The molecule has 224 valence electrons. The minimum absolute atomic E-state index is 0.0181. The molecule has 10 heteroatoms. The molecule has 0 spiro atoms. The lowest BCUT2D eigenvalue weighted by Crippen LogP contribution is -2.53. The van der Waals surface area contributed by atoms with E-state index in [1.807, 2.05) is 58.0 Å². The fraction of sp³-hybridized carbons (Fsp3) is 0.344. The molecule has 0 aliphatic heterocycles. The smallest absolute Gasteiger partial charge is 0.408 e. The van der Waals surface area contributed by atoms with Crippen molar-refractivity contribution in [2.24, 2.45) is 11.8 Å². The quantitative estimate of drug-likeness (QED) is 0.205. The third-order valence-electron chi connectivity index (χ3n) is 6.54. The molecule has 0 radical (unpaired) electrons. The lowest BCUT2D eigenvalue weighted by molar-refractivity contribution is -0.127. The highest BCUT2D eigenvalue weighted by molar-refractivity contribution is 7.93. The average molecular weight is 632 g/mol. The van der Waals surface area contributed by atoms with Crippen molar-refractivity contribution in [3.8, 4) is 0 Å². The maximum atomic E-state index is 14.8. The van der Waals surface area contributed by atoms with Crippen LogP contribution in [0.3, 0.4) is 0 Å². The predicted octanol–water partition coefficient (Wildman–Crippen LogP) is 6.71. The molecule has 0 fully saturated rings. The number of carbonyl (C=O) groups excluding carboxylic acids is 3.